The molecular formula is C38H40ClNO7. The standard InChI is InChI=1S/C38H40ClNO7/c1-7-8-11-22-38(4,5)26-14-16-28(17-15-26)46-36-32(40-24(2)41)23-31(35(43)30-12-9-10-13-33(30)44-6)34(39)37(36)47-29-20-18-27(19-21-29)45-25(3)42/h9-10,12-21,23H,7-8,11,22H2,1-6H3,(H,40,41). The average Bonchev–Trinajstić information content (AvgIpc) is 3.04. The molecule has 0 atom stereocenters. The Labute approximate surface area is 281 Å². The van der Waals surface area contributed by atoms with Crippen molar-refractivity contribution in [3.05, 3.63) is 101 Å². The first kappa shape index (κ1) is 35.0. The Morgan fingerprint density at radius 1 is 0.787 bits per heavy atom. The molecule has 0 aromatic heterocycles. The van der Waals surface area contributed by atoms with E-state index >= 15 is 0 Å². The summed E-state index contributed by atoms with van der Waals surface area (Å²) >= 11 is 6.98. The number of para-hydroxylation sites is 1. The van der Waals surface area contributed by atoms with Crippen LogP contribution in [0.4, 0.5) is 5.69 Å². The number of methoxy groups -OCH3 is 1. The molecule has 4 aromatic carbocycles. The Bertz CT molecular complexity index is 1730. The van der Waals surface area contributed by atoms with E-state index in [-0.39, 0.29) is 38.8 Å². The van der Waals surface area contributed by atoms with E-state index in [9.17, 15) is 14.4 Å². The van der Waals surface area contributed by atoms with E-state index < -0.39 is 17.7 Å². The zero-order valence-corrected chi connectivity index (χ0v) is 28.3. The van der Waals surface area contributed by atoms with E-state index in [1.54, 1.807) is 48.5 Å². The second-order valence-electron chi connectivity index (χ2n) is 11.8. The molecule has 0 unspecified atom stereocenters. The number of nitrogens with one attached hydrogen (secondary N) is 1. The minimum atomic E-state index is -0.463. The van der Waals surface area contributed by atoms with Crippen molar-refractivity contribution >= 4 is 34.9 Å². The van der Waals surface area contributed by atoms with Crippen LogP contribution in [0.2, 0.25) is 5.02 Å². The van der Waals surface area contributed by atoms with Gasteiger partial charge in [-0.05, 0) is 72.0 Å². The van der Waals surface area contributed by atoms with Crippen LogP contribution in [0, 0.1) is 0 Å². The van der Waals surface area contributed by atoms with Crippen molar-refractivity contribution in [3.63, 3.8) is 0 Å². The maximum Gasteiger partial charge on any atom is 0.308 e. The van der Waals surface area contributed by atoms with E-state index in [0.717, 1.165) is 19.3 Å². The van der Waals surface area contributed by atoms with Crippen molar-refractivity contribution in [2.45, 2.75) is 65.7 Å². The van der Waals surface area contributed by atoms with Crippen LogP contribution in [0.15, 0.2) is 78.9 Å². The molecule has 246 valence electrons. The van der Waals surface area contributed by atoms with Gasteiger partial charge in [-0.15, -0.1) is 0 Å². The van der Waals surface area contributed by atoms with Crippen molar-refractivity contribution in [1.82, 2.24) is 0 Å². The molecule has 0 spiro atoms. The van der Waals surface area contributed by atoms with Gasteiger partial charge < -0.3 is 24.3 Å². The minimum Gasteiger partial charge on any atom is -0.496 e. The predicted molar refractivity (Wildman–Crippen MR) is 184 cm³/mol. The Morgan fingerprint density at radius 3 is 1.98 bits per heavy atom. The molecular weight excluding hydrogens is 618 g/mol. The Balaban J connectivity index is 1.82. The highest BCUT2D eigenvalue weighted by molar-refractivity contribution is 6.37. The molecule has 0 saturated heterocycles. The number of hydrogen-bond acceptors (Lipinski definition) is 7. The highest BCUT2D eigenvalue weighted by Gasteiger charge is 2.28. The first-order valence-electron chi connectivity index (χ1n) is 15.5. The number of hydrogen-bond donors (Lipinski definition) is 1. The molecule has 4 rings (SSSR count). The van der Waals surface area contributed by atoms with E-state index in [2.05, 4.69) is 26.1 Å². The predicted octanol–water partition coefficient (Wildman–Crippen LogP) is 9.91. The van der Waals surface area contributed by atoms with Crippen LogP contribution in [0.5, 0.6) is 34.5 Å². The molecule has 0 heterocycles. The molecule has 9 heteroatoms. The Morgan fingerprint density at radius 2 is 1.38 bits per heavy atom. The molecule has 1 amide bonds. The fraction of sp³-hybridized carbons (Fsp3) is 0.289. The van der Waals surface area contributed by atoms with Crippen molar-refractivity contribution in [2.24, 2.45) is 0 Å². The summed E-state index contributed by atoms with van der Waals surface area (Å²) < 4.78 is 23.2. The third-order valence-electron chi connectivity index (χ3n) is 7.65. The highest BCUT2D eigenvalue weighted by Crippen LogP contribution is 2.48. The van der Waals surface area contributed by atoms with Crippen LogP contribution in [-0.4, -0.2) is 24.8 Å². The number of benzene rings is 4. The lowest BCUT2D eigenvalue weighted by molar-refractivity contribution is -0.131. The number of carbonyl (C=O) groups excluding carboxylic acids is 3. The second kappa shape index (κ2) is 15.6. The number of carbonyl (C=O) groups is 3. The van der Waals surface area contributed by atoms with Gasteiger partial charge in [-0.2, -0.15) is 0 Å². The van der Waals surface area contributed by atoms with Crippen LogP contribution >= 0.6 is 11.6 Å². The highest BCUT2D eigenvalue weighted by atomic mass is 35.5. The first-order chi connectivity index (χ1) is 22.4. The molecule has 0 bridgehead atoms. The number of unbranched alkanes of at least 4 members (excludes halogenated alkanes) is 2. The number of ketones is 1. The van der Waals surface area contributed by atoms with Gasteiger partial charge in [0.2, 0.25) is 5.91 Å². The lowest BCUT2D eigenvalue weighted by atomic mass is 9.80. The number of anilines is 1. The van der Waals surface area contributed by atoms with Gasteiger partial charge in [-0.1, -0.05) is 75.9 Å². The Hall–Kier alpha value is -4.82. The third kappa shape index (κ3) is 8.92. The summed E-state index contributed by atoms with van der Waals surface area (Å²) in [7, 11) is 1.47. The number of esters is 1. The van der Waals surface area contributed by atoms with E-state index in [1.165, 1.54) is 39.0 Å². The van der Waals surface area contributed by atoms with Gasteiger partial charge in [0, 0.05) is 19.4 Å². The van der Waals surface area contributed by atoms with E-state index in [0.29, 0.717) is 23.0 Å². The minimum absolute atomic E-state index is 0.000345. The average molecular weight is 658 g/mol. The fourth-order valence-corrected chi connectivity index (χ4v) is 5.41. The number of rotatable bonds is 14. The summed E-state index contributed by atoms with van der Waals surface area (Å²) in [6.07, 6.45) is 4.54. The lowest BCUT2D eigenvalue weighted by Crippen LogP contribution is -2.16. The van der Waals surface area contributed by atoms with Crippen LogP contribution in [-0.2, 0) is 15.0 Å². The van der Waals surface area contributed by atoms with Gasteiger partial charge >= 0.3 is 5.97 Å². The molecule has 1 N–H and O–H groups in total. The lowest BCUT2D eigenvalue weighted by Gasteiger charge is -2.26. The zero-order valence-electron chi connectivity index (χ0n) is 27.6. The molecule has 0 fully saturated rings. The summed E-state index contributed by atoms with van der Waals surface area (Å²) in [6.45, 7) is 9.30. The number of ether oxygens (including phenoxy) is 4. The summed E-state index contributed by atoms with van der Waals surface area (Å²) in [4.78, 5) is 37.7. The summed E-state index contributed by atoms with van der Waals surface area (Å²) in [6, 6.07) is 22.3. The van der Waals surface area contributed by atoms with Crippen LogP contribution in [0.3, 0.4) is 0 Å². The summed E-state index contributed by atoms with van der Waals surface area (Å²) in [5, 5.41) is 2.73. The van der Waals surface area contributed by atoms with Gasteiger partial charge in [-0.3, -0.25) is 14.4 Å². The van der Waals surface area contributed by atoms with Crippen molar-refractivity contribution in [3.8, 4) is 34.5 Å². The normalized spacial score (nSPS) is 11.0. The van der Waals surface area contributed by atoms with Crippen molar-refractivity contribution in [2.75, 3.05) is 12.4 Å². The monoisotopic (exact) mass is 657 g/mol. The van der Waals surface area contributed by atoms with Crippen molar-refractivity contribution < 1.29 is 33.3 Å². The van der Waals surface area contributed by atoms with Crippen LogP contribution in [0.1, 0.15) is 81.8 Å². The van der Waals surface area contributed by atoms with Crippen LogP contribution in [0.25, 0.3) is 0 Å². The van der Waals surface area contributed by atoms with Gasteiger partial charge in [0.05, 0.1) is 23.4 Å². The smallest absolute Gasteiger partial charge is 0.308 e. The zero-order chi connectivity index (χ0) is 34.1. The number of halogens is 1. The summed E-state index contributed by atoms with van der Waals surface area (Å²) in [5.41, 5.74) is 1.65. The van der Waals surface area contributed by atoms with E-state index in [1.807, 2.05) is 24.3 Å². The Kier molecular flexibility index (Phi) is 11.7. The maximum atomic E-state index is 13.9. The molecule has 0 saturated carbocycles. The molecule has 47 heavy (non-hydrogen) atoms. The fourth-order valence-electron chi connectivity index (χ4n) is 5.15. The largest absolute Gasteiger partial charge is 0.496 e. The molecule has 4 aromatic rings. The maximum absolute atomic E-state index is 13.9. The summed E-state index contributed by atoms with van der Waals surface area (Å²) in [5.74, 6) is 0.257. The van der Waals surface area contributed by atoms with Gasteiger partial charge in [0.25, 0.3) is 0 Å². The third-order valence-corrected chi connectivity index (χ3v) is 8.02. The first-order valence-corrected chi connectivity index (χ1v) is 15.9. The molecule has 0 aliphatic heterocycles. The number of amides is 1. The molecule has 0 aliphatic carbocycles. The topological polar surface area (TPSA) is 100 Å². The second-order valence-corrected chi connectivity index (χ2v) is 12.2. The SMILES string of the molecule is CCCCCC(C)(C)c1ccc(Oc2c(NC(C)=O)cc(C(=O)c3ccccc3OC)c(Cl)c2Oc2ccc(OC(C)=O)cc2)cc1. The quantitative estimate of drug-likeness (QED) is 0.0623. The molecule has 0 aliphatic rings. The van der Waals surface area contributed by atoms with Gasteiger partial charge in [0.15, 0.2) is 17.3 Å². The van der Waals surface area contributed by atoms with E-state index in [4.69, 9.17) is 30.5 Å². The van der Waals surface area contributed by atoms with Crippen molar-refractivity contribution in [1.29, 1.82) is 0 Å². The molecule has 8 nitrogen and oxygen atoms in total. The van der Waals surface area contributed by atoms with Gasteiger partial charge in [0.1, 0.15) is 23.0 Å². The van der Waals surface area contributed by atoms with Gasteiger partial charge in [-0.25, -0.2) is 0 Å². The van der Waals surface area contributed by atoms with Crippen LogP contribution < -0.4 is 24.3 Å². The molecule has 0 radical (unpaired) electrons.